The van der Waals surface area contributed by atoms with E-state index in [0.29, 0.717) is 63.7 Å². The number of aromatic nitrogens is 3. The van der Waals surface area contributed by atoms with Gasteiger partial charge < -0.3 is 38.8 Å². The fourth-order valence-electron chi connectivity index (χ4n) is 9.55. The zero-order valence-electron chi connectivity index (χ0n) is 39.7. The maximum absolute atomic E-state index is 14.7. The number of pyridine rings is 1. The van der Waals surface area contributed by atoms with Crippen LogP contribution in [-0.4, -0.2) is 150 Å². The Bertz CT molecular complexity index is 2360. The molecule has 6 heterocycles. The Labute approximate surface area is 386 Å². The first-order chi connectivity index (χ1) is 31.0. The number of hydrogen-bond acceptors (Lipinski definition) is 12. The molecule has 3 aromatic heterocycles. The molecule has 16 nitrogen and oxygen atoms in total. The topological polar surface area (TPSA) is 164 Å². The standard InChI is InChI=1S/C48H67N9O7S/c1-11-55-39-17-16-31-22-34(39)35(43(55)33-14-12-18-49-41(33)30(4)62-10)24-48(5,6)28-64-46(60)36-15-13-19-57(52-36)45(59)37(23-40-50-38(31)27-65-40)51-44(58)42(29(2)3)54(9)47(61)56-20-21-63-26-32(56)25-53(7)8/h12,14,16-18,22,27,29-30,32,36-37,42,52H,11,13,15,19-21,23-26,28H2,1-10H3,(H,51,58)/t30-,32-,36-,37-,42?/m0/s1. The maximum atomic E-state index is 14.7. The quantitative estimate of drug-likeness (QED) is 0.192. The Hall–Kier alpha value is -4.94. The van der Waals surface area contributed by atoms with E-state index in [1.165, 1.54) is 21.2 Å². The molecule has 2 saturated heterocycles. The first-order valence-corrected chi connectivity index (χ1v) is 23.8. The number of likely N-dealkylation sites (N-methyl/N-ethyl adjacent to an activating group) is 2. The fraction of sp³-hybridized carbons (Fsp3) is 0.583. The minimum absolute atomic E-state index is 0.0961. The van der Waals surface area contributed by atoms with Gasteiger partial charge >= 0.3 is 12.0 Å². The van der Waals surface area contributed by atoms with Gasteiger partial charge in [-0.2, -0.15) is 0 Å². The number of benzene rings is 1. The van der Waals surface area contributed by atoms with Crippen molar-refractivity contribution >= 4 is 46.1 Å². The Kier molecular flexibility index (Phi) is 15.0. The van der Waals surface area contributed by atoms with Gasteiger partial charge in [-0.15, -0.1) is 11.3 Å². The Morgan fingerprint density at radius 3 is 2.63 bits per heavy atom. The van der Waals surface area contributed by atoms with Crippen LogP contribution in [-0.2, 0) is 48.0 Å². The van der Waals surface area contributed by atoms with Crippen LogP contribution in [0.1, 0.15) is 76.8 Å². The van der Waals surface area contributed by atoms with Crippen molar-refractivity contribution in [3.05, 3.63) is 58.2 Å². The number of amides is 4. The predicted molar refractivity (Wildman–Crippen MR) is 251 cm³/mol. The van der Waals surface area contributed by atoms with Gasteiger partial charge in [-0.3, -0.25) is 24.4 Å². The fourth-order valence-corrected chi connectivity index (χ4v) is 10.4. The van der Waals surface area contributed by atoms with Gasteiger partial charge in [0.2, 0.25) is 5.91 Å². The molecule has 2 N–H and O–H groups in total. The average molecular weight is 914 g/mol. The van der Waals surface area contributed by atoms with E-state index < -0.39 is 41.3 Å². The molecular formula is C48H67N9O7S. The van der Waals surface area contributed by atoms with Crippen molar-refractivity contribution in [3.63, 3.8) is 0 Å². The Morgan fingerprint density at radius 1 is 1.12 bits per heavy atom. The molecule has 17 heteroatoms. The molecule has 6 bridgehead atoms. The summed E-state index contributed by atoms with van der Waals surface area (Å²) < 4.78 is 20.0. The Morgan fingerprint density at radius 2 is 1.91 bits per heavy atom. The third-order valence-electron chi connectivity index (χ3n) is 12.8. The summed E-state index contributed by atoms with van der Waals surface area (Å²) in [7, 11) is 7.24. The van der Waals surface area contributed by atoms with Gasteiger partial charge in [0.1, 0.15) is 18.1 Å². The summed E-state index contributed by atoms with van der Waals surface area (Å²) in [5.74, 6) is -1.58. The van der Waals surface area contributed by atoms with Crippen LogP contribution in [0.4, 0.5) is 4.79 Å². The number of ether oxygens (including phenoxy) is 3. The second-order valence-corrected chi connectivity index (χ2v) is 20.0. The zero-order chi connectivity index (χ0) is 46.7. The highest BCUT2D eigenvalue weighted by Crippen LogP contribution is 2.42. The van der Waals surface area contributed by atoms with E-state index in [2.05, 4.69) is 60.3 Å². The van der Waals surface area contributed by atoms with Gasteiger partial charge in [-0.25, -0.2) is 15.2 Å². The lowest BCUT2D eigenvalue weighted by Crippen LogP contribution is -2.63. The average Bonchev–Trinajstić information content (AvgIpc) is 3.88. The van der Waals surface area contributed by atoms with E-state index in [-0.39, 0.29) is 37.1 Å². The number of carbonyl (C=O) groups excluding carboxylic acids is 4. The number of morpholine rings is 1. The smallest absolute Gasteiger partial charge is 0.324 e. The van der Waals surface area contributed by atoms with Crippen LogP contribution in [0.3, 0.4) is 0 Å². The number of nitrogens with one attached hydrogen (secondary N) is 2. The molecule has 1 unspecified atom stereocenters. The third kappa shape index (κ3) is 10.4. The number of thiazole rings is 1. The van der Waals surface area contributed by atoms with Crippen LogP contribution in [0.2, 0.25) is 0 Å². The van der Waals surface area contributed by atoms with E-state index in [1.54, 1.807) is 25.3 Å². The summed E-state index contributed by atoms with van der Waals surface area (Å²) in [5, 5.41) is 8.20. The monoisotopic (exact) mass is 913 g/mol. The molecule has 0 aliphatic carbocycles. The molecule has 5 atom stereocenters. The van der Waals surface area contributed by atoms with Crippen LogP contribution in [0, 0.1) is 11.3 Å². The van der Waals surface area contributed by atoms with E-state index in [9.17, 15) is 19.2 Å². The molecule has 0 spiro atoms. The zero-order valence-corrected chi connectivity index (χ0v) is 40.5. The van der Waals surface area contributed by atoms with E-state index in [4.69, 9.17) is 24.2 Å². The molecular weight excluding hydrogens is 847 g/mol. The summed E-state index contributed by atoms with van der Waals surface area (Å²) in [5.41, 5.74) is 9.36. The number of carbonyl (C=O) groups is 4. The third-order valence-corrected chi connectivity index (χ3v) is 13.7. The van der Waals surface area contributed by atoms with Crippen molar-refractivity contribution < 1.29 is 33.4 Å². The highest BCUT2D eigenvalue weighted by Gasteiger charge is 2.40. The first kappa shape index (κ1) is 48.0. The van der Waals surface area contributed by atoms with E-state index in [0.717, 1.165) is 44.7 Å². The number of cyclic esters (lactones) is 1. The lowest BCUT2D eigenvalue weighted by Gasteiger charge is -2.41. The number of fused-ring (bicyclic) bond motifs is 6. The lowest BCUT2D eigenvalue weighted by atomic mass is 9.84. The predicted octanol–water partition coefficient (Wildman–Crippen LogP) is 5.54. The number of hydrogen-bond donors (Lipinski definition) is 2. The number of hydrazine groups is 1. The van der Waals surface area contributed by atoms with Gasteiger partial charge in [-0.1, -0.05) is 33.8 Å². The molecule has 1 aromatic carbocycles. The number of esters is 1. The molecule has 3 aliphatic heterocycles. The second kappa shape index (κ2) is 20.3. The largest absolute Gasteiger partial charge is 0.464 e. The molecule has 7 rings (SSSR count). The normalized spacial score (nSPS) is 21.6. The van der Waals surface area contributed by atoms with E-state index >= 15 is 0 Å². The van der Waals surface area contributed by atoms with Crippen LogP contribution in [0.5, 0.6) is 0 Å². The minimum atomic E-state index is -1.06. The van der Waals surface area contributed by atoms with Crippen LogP contribution >= 0.6 is 11.3 Å². The number of nitrogens with zero attached hydrogens (tertiary/aromatic N) is 7. The number of urea groups is 1. The van der Waals surface area contributed by atoms with Gasteiger partial charge in [0.15, 0.2) is 0 Å². The van der Waals surface area contributed by atoms with Gasteiger partial charge in [0.05, 0.1) is 54.1 Å². The van der Waals surface area contributed by atoms with Crippen molar-refractivity contribution in [3.8, 4) is 22.5 Å². The summed E-state index contributed by atoms with van der Waals surface area (Å²) in [4.78, 5) is 72.5. The molecule has 65 heavy (non-hydrogen) atoms. The number of aryl methyl sites for hydroxylation is 1. The van der Waals surface area contributed by atoms with Crippen molar-refractivity contribution in [1.82, 2.24) is 45.0 Å². The SMILES string of the molecule is CCn1c(-c2cccnc2[C@H](C)OC)c2c3cc(ccc31)-c1csc(n1)C[C@H](NC(=O)C(C(C)C)N(C)C(=O)N1CCOC[C@@H]1CN(C)C)C(=O)N1CCC[C@H](N1)C(=O)OCC(C)(C)C2. The number of methoxy groups -OCH3 is 1. The van der Waals surface area contributed by atoms with Crippen molar-refractivity contribution in [1.29, 1.82) is 0 Å². The van der Waals surface area contributed by atoms with Crippen LogP contribution in [0.15, 0.2) is 41.9 Å². The maximum Gasteiger partial charge on any atom is 0.324 e. The van der Waals surface area contributed by atoms with Crippen molar-refractivity contribution in [2.45, 2.75) is 104 Å². The highest BCUT2D eigenvalue weighted by molar-refractivity contribution is 7.10. The first-order valence-electron chi connectivity index (χ1n) is 22.9. The molecule has 0 radical (unpaired) electrons. The number of rotatable bonds is 10. The van der Waals surface area contributed by atoms with Crippen LogP contribution in [0.25, 0.3) is 33.4 Å². The van der Waals surface area contributed by atoms with Gasteiger partial charge in [0.25, 0.3) is 5.91 Å². The molecule has 3 aliphatic rings. The summed E-state index contributed by atoms with van der Waals surface area (Å²) in [6.45, 7) is 15.1. The molecule has 352 valence electrons. The summed E-state index contributed by atoms with van der Waals surface area (Å²) >= 11 is 1.42. The highest BCUT2D eigenvalue weighted by atomic mass is 32.1. The van der Waals surface area contributed by atoms with Crippen molar-refractivity contribution in [2.24, 2.45) is 11.3 Å². The van der Waals surface area contributed by atoms with Gasteiger partial charge in [-0.05, 0) is 83.0 Å². The molecule has 4 aromatic rings. The molecule has 0 saturated carbocycles. The molecule has 4 amide bonds. The van der Waals surface area contributed by atoms with E-state index in [1.807, 2.05) is 51.2 Å². The summed E-state index contributed by atoms with van der Waals surface area (Å²) in [6.07, 6.45) is 3.26. The minimum Gasteiger partial charge on any atom is -0.464 e. The second-order valence-electron chi connectivity index (χ2n) is 19.0. The summed E-state index contributed by atoms with van der Waals surface area (Å²) in [6, 6.07) is 7.28. The van der Waals surface area contributed by atoms with Crippen molar-refractivity contribution in [2.75, 3.05) is 67.7 Å². The molecule has 2 fully saturated rings. The van der Waals surface area contributed by atoms with Gasteiger partial charge in [0, 0.05) is 85.8 Å². The van der Waals surface area contributed by atoms with Crippen LogP contribution < -0.4 is 10.7 Å². The Balaban J connectivity index is 1.27. The lowest BCUT2D eigenvalue weighted by molar-refractivity contribution is -0.155.